The van der Waals surface area contributed by atoms with Crippen molar-refractivity contribution < 1.29 is 0 Å². The molecule has 2 aromatic heterocycles. The smallest absolute Gasteiger partial charge is 0.107 e. The van der Waals surface area contributed by atoms with Gasteiger partial charge in [0.25, 0.3) is 0 Å². The van der Waals surface area contributed by atoms with Gasteiger partial charge in [0.2, 0.25) is 0 Å². The van der Waals surface area contributed by atoms with Crippen molar-refractivity contribution in [2.24, 2.45) is 0 Å². The molecular weight excluding hydrogens is 188 g/mol. The van der Waals surface area contributed by atoms with Crippen molar-refractivity contribution in [3.63, 3.8) is 0 Å². The number of hydrogen-bond acceptors (Lipinski definition) is 4. The molecule has 2 aromatic rings. The van der Waals surface area contributed by atoms with Crippen molar-refractivity contribution in [3.8, 4) is 11.4 Å². The SMILES string of the molecule is CN(C)c1ccnc(-c2cnccn2)c1. The average molecular weight is 200 g/mol. The monoisotopic (exact) mass is 200 g/mol. The van der Waals surface area contributed by atoms with E-state index in [1.165, 1.54) is 0 Å². The summed E-state index contributed by atoms with van der Waals surface area (Å²) in [5, 5.41) is 0. The van der Waals surface area contributed by atoms with E-state index in [1.54, 1.807) is 24.8 Å². The Morgan fingerprint density at radius 2 is 1.80 bits per heavy atom. The quantitative estimate of drug-likeness (QED) is 0.738. The normalized spacial score (nSPS) is 10.0. The molecule has 0 atom stereocenters. The summed E-state index contributed by atoms with van der Waals surface area (Å²) in [4.78, 5) is 14.5. The molecule has 0 bridgehead atoms. The highest BCUT2D eigenvalue weighted by molar-refractivity contribution is 5.60. The lowest BCUT2D eigenvalue weighted by Gasteiger charge is -2.12. The maximum atomic E-state index is 4.26. The van der Waals surface area contributed by atoms with Crippen LogP contribution in [-0.4, -0.2) is 29.0 Å². The topological polar surface area (TPSA) is 41.9 Å². The van der Waals surface area contributed by atoms with Gasteiger partial charge in [0, 0.05) is 38.4 Å². The maximum absolute atomic E-state index is 4.26. The summed E-state index contributed by atoms with van der Waals surface area (Å²) in [5.41, 5.74) is 2.74. The van der Waals surface area contributed by atoms with Crippen molar-refractivity contribution >= 4 is 5.69 Å². The Morgan fingerprint density at radius 1 is 1.00 bits per heavy atom. The minimum atomic E-state index is 0.793. The number of rotatable bonds is 2. The Bertz CT molecular complexity index is 439. The molecule has 76 valence electrons. The lowest BCUT2D eigenvalue weighted by Crippen LogP contribution is -2.08. The lowest BCUT2D eigenvalue weighted by atomic mass is 10.2. The van der Waals surface area contributed by atoms with E-state index in [2.05, 4.69) is 15.0 Å². The Labute approximate surface area is 88.6 Å². The largest absolute Gasteiger partial charge is 0.378 e. The summed E-state index contributed by atoms with van der Waals surface area (Å²) in [6, 6.07) is 3.95. The molecule has 0 radical (unpaired) electrons. The summed E-state index contributed by atoms with van der Waals surface area (Å²) in [6.45, 7) is 0. The highest BCUT2D eigenvalue weighted by Crippen LogP contribution is 2.18. The van der Waals surface area contributed by atoms with Gasteiger partial charge in [-0.3, -0.25) is 15.0 Å². The van der Waals surface area contributed by atoms with Crippen LogP contribution in [0.5, 0.6) is 0 Å². The van der Waals surface area contributed by atoms with Crippen LogP contribution in [0.4, 0.5) is 5.69 Å². The molecule has 0 amide bonds. The molecule has 2 heterocycles. The molecular formula is C11H12N4. The van der Waals surface area contributed by atoms with Crippen LogP contribution in [0.1, 0.15) is 0 Å². The average Bonchev–Trinajstić information content (AvgIpc) is 2.30. The minimum Gasteiger partial charge on any atom is -0.378 e. The molecule has 0 saturated heterocycles. The Morgan fingerprint density at radius 3 is 2.47 bits per heavy atom. The van der Waals surface area contributed by atoms with E-state index in [4.69, 9.17) is 0 Å². The fraction of sp³-hybridized carbons (Fsp3) is 0.182. The summed E-state index contributed by atoms with van der Waals surface area (Å²) in [7, 11) is 3.99. The van der Waals surface area contributed by atoms with Gasteiger partial charge in [-0.1, -0.05) is 0 Å². The van der Waals surface area contributed by atoms with Crippen LogP contribution in [0, 0.1) is 0 Å². The van der Waals surface area contributed by atoms with E-state index in [0.717, 1.165) is 17.1 Å². The van der Waals surface area contributed by atoms with Crippen LogP contribution in [0.25, 0.3) is 11.4 Å². The van der Waals surface area contributed by atoms with E-state index >= 15 is 0 Å². The summed E-state index contributed by atoms with van der Waals surface area (Å²) in [6.07, 6.45) is 6.81. The number of pyridine rings is 1. The Kier molecular flexibility index (Phi) is 2.58. The van der Waals surface area contributed by atoms with Crippen LogP contribution in [0.3, 0.4) is 0 Å². The number of anilines is 1. The van der Waals surface area contributed by atoms with Gasteiger partial charge in [-0.05, 0) is 12.1 Å². The zero-order chi connectivity index (χ0) is 10.7. The Hall–Kier alpha value is -1.97. The predicted molar refractivity (Wildman–Crippen MR) is 59.6 cm³/mol. The lowest BCUT2D eigenvalue weighted by molar-refractivity contribution is 1.11. The molecule has 0 unspecified atom stereocenters. The molecule has 0 spiro atoms. The van der Waals surface area contributed by atoms with Crippen LogP contribution in [0.2, 0.25) is 0 Å². The first-order valence-electron chi connectivity index (χ1n) is 4.67. The second-order valence-electron chi connectivity index (χ2n) is 3.38. The van der Waals surface area contributed by atoms with Gasteiger partial charge in [-0.15, -0.1) is 0 Å². The molecule has 2 rings (SSSR count). The van der Waals surface area contributed by atoms with Crippen molar-refractivity contribution in [3.05, 3.63) is 36.9 Å². The highest BCUT2D eigenvalue weighted by Gasteiger charge is 2.02. The van der Waals surface area contributed by atoms with Crippen molar-refractivity contribution in [1.82, 2.24) is 15.0 Å². The molecule has 0 fully saturated rings. The van der Waals surface area contributed by atoms with Gasteiger partial charge >= 0.3 is 0 Å². The maximum Gasteiger partial charge on any atom is 0.107 e. The van der Waals surface area contributed by atoms with Gasteiger partial charge in [0.15, 0.2) is 0 Å². The molecule has 0 aliphatic rings. The van der Waals surface area contributed by atoms with E-state index in [-0.39, 0.29) is 0 Å². The fourth-order valence-electron chi connectivity index (χ4n) is 1.27. The molecule has 15 heavy (non-hydrogen) atoms. The van der Waals surface area contributed by atoms with Crippen molar-refractivity contribution in [1.29, 1.82) is 0 Å². The summed E-state index contributed by atoms with van der Waals surface area (Å²) >= 11 is 0. The van der Waals surface area contributed by atoms with E-state index in [9.17, 15) is 0 Å². The number of hydrogen-bond donors (Lipinski definition) is 0. The molecule has 0 saturated carbocycles. The summed E-state index contributed by atoms with van der Waals surface area (Å²) in [5.74, 6) is 0. The minimum absolute atomic E-state index is 0.793. The first-order chi connectivity index (χ1) is 7.27. The van der Waals surface area contributed by atoms with Crippen LogP contribution >= 0.6 is 0 Å². The van der Waals surface area contributed by atoms with Crippen molar-refractivity contribution in [2.75, 3.05) is 19.0 Å². The standard InChI is InChI=1S/C11H12N4/c1-15(2)9-3-4-13-10(7-9)11-8-12-5-6-14-11/h3-8H,1-2H3. The van der Waals surface area contributed by atoms with Gasteiger partial charge in [0.05, 0.1) is 11.9 Å². The third kappa shape index (κ3) is 2.10. The number of aromatic nitrogens is 3. The molecule has 4 nitrogen and oxygen atoms in total. The second kappa shape index (κ2) is 4.04. The third-order valence-corrected chi connectivity index (χ3v) is 2.09. The predicted octanol–water partition coefficient (Wildman–Crippen LogP) is 1.60. The zero-order valence-electron chi connectivity index (χ0n) is 8.75. The first-order valence-corrected chi connectivity index (χ1v) is 4.67. The summed E-state index contributed by atoms with van der Waals surface area (Å²) < 4.78 is 0. The van der Waals surface area contributed by atoms with E-state index < -0.39 is 0 Å². The molecule has 0 aliphatic heterocycles. The zero-order valence-corrected chi connectivity index (χ0v) is 8.75. The van der Waals surface area contributed by atoms with E-state index in [1.807, 2.05) is 31.1 Å². The molecule has 0 aromatic carbocycles. The van der Waals surface area contributed by atoms with E-state index in [0.29, 0.717) is 0 Å². The van der Waals surface area contributed by atoms with Gasteiger partial charge < -0.3 is 4.90 Å². The van der Waals surface area contributed by atoms with Crippen molar-refractivity contribution in [2.45, 2.75) is 0 Å². The number of nitrogens with zero attached hydrogens (tertiary/aromatic N) is 4. The van der Waals surface area contributed by atoms with Gasteiger partial charge in [-0.2, -0.15) is 0 Å². The first kappa shape index (κ1) is 9.58. The molecule has 0 aliphatic carbocycles. The molecule has 0 N–H and O–H groups in total. The van der Waals surface area contributed by atoms with Crippen LogP contribution in [-0.2, 0) is 0 Å². The molecule has 4 heteroatoms. The van der Waals surface area contributed by atoms with Gasteiger partial charge in [0.1, 0.15) is 5.69 Å². The fourth-order valence-corrected chi connectivity index (χ4v) is 1.27. The van der Waals surface area contributed by atoms with Crippen LogP contribution in [0.15, 0.2) is 36.9 Å². The second-order valence-corrected chi connectivity index (χ2v) is 3.38. The third-order valence-electron chi connectivity index (χ3n) is 2.09. The van der Waals surface area contributed by atoms with Gasteiger partial charge in [-0.25, -0.2) is 0 Å². The Balaban J connectivity index is 2.42. The highest BCUT2D eigenvalue weighted by atomic mass is 15.1. The van der Waals surface area contributed by atoms with Crippen LogP contribution < -0.4 is 4.90 Å².